The van der Waals surface area contributed by atoms with E-state index in [9.17, 15) is 0 Å². The summed E-state index contributed by atoms with van der Waals surface area (Å²) in [5.41, 5.74) is 0. The van der Waals surface area contributed by atoms with E-state index >= 15 is 0 Å². The van der Waals surface area contributed by atoms with E-state index in [0.29, 0.717) is 0 Å². The summed E-state index contributed by atoms with van der Waals surface area (Å²) >= 11 is 0. The maximum atomic E-state index is 3.52. The van der Waals surface area contributed by atoms with Gasteiger partial charge in [-0.2, -0.15) is 0 Å². The Morgan fingerprint density at radius 3 is 1.07 bits per heavy atom. The van der Waals surface area contributed by atoms with Crippen LogP contribution >= 0.6 is 0 Å². The molecule has 0 aromatic carbocycles. The Bertz CT molecular complexity index is 58.4. The zero-order valence-corrected chi connectivity index (χ0v) is 8.99. The van der Waals surface area contributed by atoms with Crippen molar-refractivity contribution < 1.29 is 0 Å². The zero-order valence-electron chi connectivity index (χ0n) is 8.99. The molecule has 1 heterocycles. The Labute approximate surface area is 102 Å². The molecule has 0 radical (unpaired) electrons. The summed E-state index contributed by atoms with van der Waals surface area (Å²) in [5.74, 6) is 0. The summed E-state index contributed by atoms with van der Waals surface area (Å²) in [7, 11) is 0. The normalized spacial score (nSPS) is 22.3. The van der Waals surface area contributed by atoms with Crippen molar-refractivity contribution in [2.75, 3.05) is 13.1 Å². The molecule has 0 bridgehead atoms. The average molecular weight is 191 g/mol. The van der Waals surface area contributed by atoms with Crippen LogP contribution in [0.25, 0.3) is 0 Å². The quantitative estimate of drug-likeness (QED) is 0.580. The molecular formula is C12H26LiN. The first-order valence-corrected chi connectivity index (χ1v) is 6.21. The van der Waals surface area contributed by atoms with Crippen molar-refractivity contribution in [3.63, 3.8) is 0 Å². The molecular weight excluding hydrogens is 165 g/mol. The number of hydrogen-bond donors (Lipinski definition) is 1. The van der Waals surface area contributed by atoms with Crippen LogP contribution in [0.1, 0.15) is 64.2 Å². The summed E-state index contributed by atoms with van der Waals surface area (Å²) in [4.78, 5) is 0. The Morgan fingerprint density at radius 1 is 0.429 bits per heavy atom. The van der Waals surface area contributed by atoms with Crippen molar-refractivity contribution in [2.45, 2.75) is 64.2 Å². The van der Waals surface area contributed by atoms with E-state index in [4.69, 9.17) is 0 Å². The Balaban J connectivity index is 0.00000169. The summed E-state index contributed by atoms with van der Waals surface area (Å²) in [6.07, 6.45) is 14.5. The van der Waals surface area contributed by atoms with Crippen molar-refractivity contribution in [3.8, 4) is 0 Å². The van der Waals surface area contributed by atoms with Crippen LogP contribution in [0.2, 0.25) is 0 Å². The molecule has 1 fully saturated rings. The molecule has 0 spiro atoms. The molecule has 1 saturated heterocycles. The van der Waals surface area contributed by atoms with Crippen molar-refractivity contribution in [2.24, 2.45) is 0 Å². The standard InChI is InChI=1S/C12H25N.Li.H/c1-2-4-6-8-10-12-13-11-9-7-5-3-1;;/h13H,1-12H2;;. The first kappa shape index (κ1) is 14.6. The average Bonchev–Trinajstić information content (AvgIpc) is 2.18. The molecule has 0 atom stereocenters. The molecule has 0 amide bonds. The topological polar surface area (TPSA) is 12.0 Å². The SMILES string of the molecule is C1CCCCCCNCCCCC1.[LiH]. The van der Waals surface area contributed by atoms with Crippen molar-refractivity contribution in [1.29, 1.82) is 0 Å². The third-order valence-electron chi connectivity index (χ3n) is 2.96. The maximum absolute atomic E-state index is 3.52. The third kappa shape index (κ3) is 9.13. The van der Waals surface area contributed by atoms with Gasteiger partial charge >= 0.3 is 18.9 Å². The van der Waals surface area contributed by atoms with E-state index in [1.807, 2.05) is 0 Å². The van der Waals surface area contributed by atoms with E-state index in [1.165, 1.54) is 77.3 Å². The third-order valence-corrected chi connectivity index (χ3v) is 2.96. The molecule has 1 nitrogen and oxygen atoms in total. The number of nitrogens with one attached hydrogen (secondary N) is 1. The first-order valence-electron chi connectivity index (χ1n) is 6.21. The number of hydrogen-bond acceptors (Lipinski definition) is 1. The Kier molecular flexibility index (Phi) is 12.1. The predicted molar refractivity (Wildman–Crippen MR) is 66.2 cm³/mol. The van der Waals surface area contributed by atoms with Crippen LogP contribution in [0.4, 0.5) is 0 Å². The zero-order chi connectivity index (χ0) is 9.19. The molecule has 0 saturated carbocycles. The van der Waals surface area contributed by atoms with Gasteiger partial charge in [-0.25, -0.2) is 0 Å². The fraction of sp³-hybridized carbons (Fsp3) is 1.00. The van der Waals surface area contributed by atoms with Gasteiger partial charge in [-0.3, -0.25) is 0 Å². The first-order chi connectivity index (χ1) is 6.50. The summed E-state index contributed by atoms with van der Waals surface area (Å²) in [6.45, 7) is 2.50. The van der Waals surface area contributed by atoms with E-state index in [2.05, 4.69) is 5.32 Å². The second-order valence-electron chi connectivity index (χ2n) is 4.29. The summed E-state index contributed by atoms with van der Waals surface area (Å²) in [5, 5.41) is 3.52. The van der Waals surface area contributed by atoms with Crippen LogP contribution in [0.3, 0.4) is 0 Å². The molecule has 1 aliphatic rings. The van der Waals surface area contributed by atoms with Crippen LogP contribution in [-0.4, -0.2) is 32.0 Å². The van der Waals surface area contributed by atoms with Crippen LogP contribution < -0.4 is 5.32 Å². The Morgan fingerprint density at radius 2 is 0.714 bits per heavy atom. The van der Waals surface area contributed by atoms with Gasteiger partial charge in [0.05, 0.1) is 0 Å². The van der Waals surface area contributed by atoms with Gasteiger partial charge in [-0.15, -0.1) is 0 Å². The monoisotopic (exact) mass is 191 g/mol. The van der Waals surface area contributed by atoms with Gasteiger partial charge in [0.25, 0.3) is 0 Å². The van der Waals surface area contributed by atoms with Gasteiger partial charge in [0.2, 0.25) is 0 Å². The van der Waals surface area contributed by atoms with Gasteiger partial charge in [-0.1, -0.05) is 51.4 Å². The second kappa shape index (κ2) is 11.6. The van der Waals surface area contributed by atoms with Crippen molar-refractivity contribution >= 4 is 18.9 Å². The summed E-state index contributed by atoms with van der Waals surface area (Å²) in [6, 6.07) is 0. The van der Waals surface area contributed by atoms with Crippen LogP contribution in [0, 0.1) is 0 Å². The van der Waals surface area contributed by atoms with Gasteiger partial charge in [-0.05, 0) is 25.9 Å². The Hall–Kier alpha value is 0.557. The number of rotatable bonds is 0. The van der Waals surface area contributed by atoms with Crippen LogP contribution in [0.5, 0.6) is 0 Å². The molecule has 80 valence electrons. The fourth-order valence-corrected chi connectivity index (χ4v) is 2.04. The minimum atomic E-state index is 0. The molecule has 2 heteroatoms. The molecule has 0 aromatic heterocycles. The van der Waals surface area contributed by atoms with Gasteiger partial charge < -0.3 is 5.32 Å². The van der Waals surface area contributed by atoms with E-state index in [-0.39, 0.29) is 18.9 Å². The molecule has 1 aliphatic heterocycles. The molecule has 14 heavy (non-hydrogen) atoms. The second-order valence-corrected chi connectivity index (χ2v) is 4.29. The van der Waals surface area contributed by atoms with Crippen molar-refractivity contribution in [3.05, 3.63) is 0 Å². The van der Waals surface area contributed by atoms with Gasteiger partial charge in [0.15, 0.2) is 0 Å². The van der Waals surface area contributed by atoms with E-state index in [0.717, 1.165) is 0 Å². The minimum absolute atomic E-state index is 0. The van der Waals surface area contributed by atoms with E-state index in [1.54, 1.807) is 0 Å². The van der Waals surface area contributed by atoms with E-state index < -0.39 is 0 Å². The van der Waals surface area contributed by atoms with Gasteiger partial charge in [0.1, 0.15) is 0 Å². The van der Waals surface area contributed by atoms with Crippen LogP contribution in [-0.2, 0) is 0 Å². The van der Waals surface area contributed by atoms with Crippen LogP contribution in [0.15, 0.2) is 0 Å². The molecule has 0 unspecified atom stereocenters. The van der Waals surface area contributed by atoms with Gasteiger partial charge in [0, 0.05) is 0 Å². The predicted octanol–water partition coefficient (Wildman–Crippen LogP) is 2.84. The molecule has 1 N–H and O–H groups in total. The fourth-order valence-electron chi connectivity index (χ4n) is 2.04. The molecule has 0 aliphatic carbocycles. The molecule has 1 rings (SSSR count). The van der Waals surface area contributed by atoms with Crippen molar-refractivity contribution in [1.82, 2.24) is 5.32 Å². The summed E-state index contributed by atoms with van der Waals surface area (Å²) < 4.78 is 0. The molecule has 0 aromatic rings.